The van der Waals surface area contributed by atoms with Gasteiger partial charge in [0.05, 0.1) is 22.0 Å². The summed E-state index contributed by atoms with van der Waals surface area (Å²) in [4.78, 5) is 18.5. The second kappa shape index (κ2) is 7.23. The van der Waals surface area contributed by atoms with Crippen molar-refractivity contribution in [2.75, 3.05) is 11.6 Å². The molecule has 124 valence electrons. The molecule has 0 aromatic heterocycles. The number of carbonyl (C=O) groups is 1. The predicted octanol–water partition coefficient (Wildman–Crippen LogP) is 4.33. The van der Waals surface area contributed by atoms with Crippen LogP contribution in [0.4, 0.5) is 10.1 Å². The van der Waals surface area contributed by atoms with Gasteiger partial charge in [-0.3, -0.25) is 4.79 Å². The number of nitrogens with one attached hydrogen (secondary N) is 1. The molecule has 1 aliphatic rings. The molecule has 0 radical (unpaired) electrons. The van der Waals surface area contributed by atoms with Crippen LogP contribution in [0.2, 0.25) is 5.02 Å². The van der Waals surface area contributed by atoms with Crippen LogP contribution in [0, 0.1) is 5.82 Å². The minimum absolute atomic E-state index is 0.161. The maximum absolute atomic E-state index is 14.0. The number of halogens is 2. The fourth-order valence-electron chi connectivity index (χ4n) is 2.40. The Kier molecular flexibility index (Phi) is 5.06. The van der Waals surface area contributed by atoms with Crippen molar-refractivity contribution in [2.45, 2.75) is 17.4 Å². The molecule has 1 N–H and O–H groups in total. The van der Waals surface area contributed by atoms with Crippen molar-refractivity contribution < 1.29 is 14.0 Å². The Morgan fingerprint density at radius 3 is 2.88 bits per heavy atom. The van der Waals surface area contributed by atoms with E-state index in [4.69, 9.17) is 16.4 Å². The Morgan fingerprint density at radius 1 is 1.33 bits per heavy atom. The summed E-state index contributed by atoms with van der Waals surface area (Å²) in [6.45, 7) is 0. The van der Waals surface area contributed by atoms with Gasteiger partial charge in [0.15, 0.2) is 0 Å². The van der Waals surface area contributed by atoms with Gasteiger partial charge in [0.25, 0.3) is 5.91 Å². The number of amides is 1. The number of carbonyl (C=O) groups excluding carboxylic acids is 1. The molecular weight excluding hydrogens is 351 g/mol. The van der Waals surface area contributed by atoms with Gasteiger partial charge in [0, 0.05) is 11.3 Å². The minimum atomic E-state index is -0.814. The lowest BCUT2D eigenvalue weighted by Crippen LogP contribution is -2.28. The van der Waals surface area contributed by atoms with Crippen LogP contribution in [0.1, 0.15) is 12.0 Å². The molecule has 1 heterocycles. The first-order chi connectivity index (χ1) is 11.6. The van der Waals surface area contributed by atoms with E-state index in [1.165, 1.54) is 23.9 Å². The van der Waals surface area contributed by atoms with E-state index < -0.39 is 11.9 Å². The van der Waals surface area contributed by atoms with Crippen LogP contribution in [-0.2, 0) is 9.63 Å². The van der Waals surface area contributed by atoms with Crippen molar-refractivity contribution in [2.24, 2.45) is 5.16 Å². The number of hydrogen-bond donors (Lipinski definition) is 1. The molecule has 0 unspecified atom stereocenters. The van der Waals surface area contributed by atoms with E-state index in [2.05, 4.69) is 10.5 Å². The second-order valence-corrected chi connectivity index (χ2v) is 6.38. The van der Waals surface area contributed by atoms with Crippen molar-refractivity contribution in [1.82, 2.24) is 0 Å². The highest BCUT2D eigenvalue weighted by molar-refractivity contribution is 7.98. The highest BCUT2D eigenvalue weighted by atomic mass is 35.5. The Balaban J connectivity index is 1.72. The quantitative estimate of drug-likeness (QED) is 0.821. The molecular formula is C17H14ClFN2O2S. The highest BCUT2D eigenvalue weighted by Gasteiger charge is 2.31. The molecule has 2 aromatic rings. The van der Waals surface area contributed by atoms with Crippen molar-refractivity contribution in [3.63, 3.8) is 0 Å². The van der Waals surface area contributed by atoms with Gasteiger partial charge in [-0.25, -0.2) is 4.39 Å². The average molecular weight is 365 g/mol. The molecule has 2 aromatic carbocycles. The van der Waals surface area contributed by atoms with E-state index >= 15 is 0 Å². The zero-order valence-electron chi connectivity index (χ0n) is 12.8. The molecule has 0 spiro atoms. The van der Waals surface area contributed by atoms with Crippen molar-refractivity contribution in [3.8, 4) is 0 Å². The lowest BCUT2D eigenvalue weighted by molar-refractivity contribution is -0.125. The molecule has 0 fully saturated rings. The molecule has 1 atom stereocenters. The molecule has 0 bridgehead atoms. The van der Waals surface area contributed by atoms with Gasteiger partial charge in [0.1, 0.15) is 5.82 Å². The van der Waals surface area contributed by atoms with Gasteiger partial charge in [-0.1, -0.05) is 35.0 Å². The summed E-state index contributed by atoms with van der Waals surface area (Å²) in [5, 5.41) is 6.90. The zero-order valence-corrected chi connectivity index (χ0v) is 14.3. The number of benzene rings is 2. The first-order valence-corrected chi connectivity index (χ1v) is 8.81. The van der Waals surface area contributed by atoms with Gasteiger partial charge < -0.3 is 10.2 Å². The second-order valence-electron chi connectivity index (χ2n) is 5.12. The van der Waals surface area contributed by atoms with E-state index in [0.29, 0.717) is 11.4 Å². The molecule has 1 aliphatic heterocycles. The lowest BCUT2D eigenvalue weighted by atomic mass is 10.0. The summed E-state index contributed by atoms with van der Waals surface area (Å²) < 4.78 is 14.0. The number of oxime groups is 1. The van der Waals surface area contributed by atoms with E-state index in [1.54, 1.807) is 6.07 Å². The van der Waals surface area contributed by atoms with Crippen molar-refractivity contribution in [3.05, 3.63) is 58.9 Å². The topological polar surface area (TPSA) is 50.7 Å². The van der Waals surface area contributed by atoms with Crippen LogP contribution >= 0.6 is 23.4 Å². The molecule has 1 amide bonds. The molecule has 4 nitrogen and oxygen atoms in total. The average Bonchev–Trinajstić information content (AvgIpc) is 3.05. The number of anilines is 1. The van der Waals surface area contributed by atoms with E-state index in [0.717, 1.165) is 4.90 Å². The third kappa shape index (κ3) is 3.39. The van der Waals surface area contributed by atoms with Gasteiger partial charge in [-0.15, -0.1) is 11.8 Å². The largest absolute Gasteiger partial charge is 0.382 e. The lowest BCUT2D eigenvalue weighted by Gasteiger charge is -2.12. The summed E-state index contributed by atoms with van der Waals surface area (Å²) in [7, 11) is 0. The Bertz CT molecular complexity index is 793. The number of rotatable bonds is 4. The predicted molar refractivity (Wildman–Crippen MR) is 94.3 cm³/mol. The molecule has 24 heavy (non-hydrogen) atoms. The summed E-state index contributed by atoms with van der Waals surface area (Å²) in [5.74, 6) is -0.818. The molecule has 0 aliphatic carbocycles. The molecule has 3 rings (SSSR count). The molecule has 7 heteroatoms. The normalized spacial score (nSPS) is 16.5. The van der Waals surface area contributed by atoms with E-state index in [-0.39, 0.29) is 22.9 Å². The van der Waals surface area contributed by atoms with Crippen LogP contribution in [0.5, 0.6) is 0 Å². The van der Waals surface area contributed by atoms with Gasteiger partial charge >= 0.3 is 0 Å². The third-order valence-electron chi connectivity index (χ3n) is 3.58. The van der Waals surface area contributed by atoms with Crippen LogP contribution < -0.4 is 5.32 Å². The Labute approximate surface area is 148 Å². The summed E-state index contributed by atoms with van der Waals surface area (Å²) >= 11 is 7.56. The maximum Gasteiger partial charge on any atom is 0.268 e. The van der Waals surface area contributed by atoms with Crippen molar-refractivity contribution in [1.29, 1.82) is 0 Å². The summed E-state index contributed by atoms with van der Waals surface area (Å²) in [6, 6.07) is 11.9. The zero-order chi connectivity index (χ0) is 17.1. The third-order valence-corrected chi connectivity index (χ3v) is 4.69. The first-order valence-electron chi connectivity index (χ1n) is 7.21. The van der Waals surface area contributed by atoms with Crippen LogP contribution in [-0.4, -0.2) is 24.0 Å². The van der Waals surface area contributed by atoms with Gasteiger partial charge in [0.2, 0.25) is 6.10 Å². The maximum atomic E-state index is 14.0. The Morgan fingerprint density at radius 2 is 2.12 bits per heavy atom. The van der Waals surface area contributed by atoms with Crippen LogP contribution in [0.25, 0.3) is 0 Å². The van der Waals surface area contributed by atoms with Crippen molar-refractivity contribution >= 4 is 40.7 Å². The standard InChI is InChI=1S/C17H14ClFN2O2S/c1-24-15-8-3-2-7-12(15)20-17(22)14-9-13(21-23-14)16-10(18)5-4-6-11(16)19/h2-8,14H,9H2,1H3,(H,20,22)/t14-/m0/s1. The monoisotopic (exact) mass is 364 g/mol. The number of hydrogen-bond acceptors (Lipinski definition) is 4. The van der Waals surface area contributed by atoms with Crippen LogP contribution in [0.3, 0.4) is 0 Å². The number of nitrogens with zero attached hydrogens (tertiary/aromatic N) is 1. The molecule has 0 saturated heterocycles. The SMILES string of the molecule is CSc1ccccc1NC(=O)[C@@H]1CC(c2c(F)cccc2Cl)=NO1. The Hall–Kier alpha value is -2.05. The number of para-hydroxylation sites is 1. The fourth-order valence-corrected chi connectivity index (χ4v) is 3.23. The summed E-state index contributed by atoms with van der Waals surface area (Å²) in [6.07, 6.45) is 1.28. The van der Waals surface area contributed by atoms with E-state index in [1.807, 2.05) is 30.5 Å². The van der Waals surface area contributed by atoms with Crippen LogP contribution in [0.15, 0.2) is 52.5 Å². The number of thioether (sulfide) groups is 1. The first kappa shape index (κ1) is 16.8. The smallest absolute Gasteiger partial charge is 0.268 e. The highest BCUT2D eigenvalue weighted by Crippen LogP contribution is 2.28. The van der Waals surface area contributed by atoms with Gasteiger partial charge in [-0.05, 0) is 30.5 Å². The van der Waals surface area contributed by atoms with Gasteiger partial charge in [-0.2, -0.15) is 0 Å². The fraction of sp³-hybridized carbons (Fsp3) is 0.176. The summed E-state index contributed by atoms with van der Waals surface area (Å²) in [5.41, 5.74) is 1.21. The minimum Gasteiger partial charge on any atom is -0.382 e. The molecule has 0 saturated carbocycles. The van der Waals surface area contributed by atoms with E-state index in [9.17, 15) is 9.18 Å².